The summed E-state index contributed by atoms with van der Waals surface area (Å²) >= 11 is 0. The number of methoxy groups -OCH3 is 2. The molecule has 0 bridgehead atoms. The van der Waals surface area contributed by atoms with Gasteiger partial charge < -0.3 is 19.8 Å². The molecule has 0 aliphatic rings. The van der Waals surface area contributed by atoms with Crippen LogP contribution in [0.4, 0.5) is 5.69 Å². The van der Waals surface area contributed by atoms with Gasteiger partial charge in [-0.1, -0.05) is 6.07 Å². The first-order chi connectivity index (χ1) is 16.3. The molecule has 2 heterocycles. The third-order valence-corrected chi connectivity index (χ3v) is 5.36. The molecule has 0 spiro atoms. The summed E-state index contributed by atoms with van der Waals surface area (Å²) in [5.41, 5.74) is 1.71. The van der Waals surface area contributed by atoms with Gasteiger partial charge in [0, 0.05) is 31.4 Å². The van der Waals surface area contributed by atoms with Crippen molar-refractivity contribution >= 4 is 28.8 Å². The van der Waals surface area contributed by atoms with Crippen LogP contribution in [0.2, 0.25) is 0 Å². The Morgan fingerprint density at radius 2 is 1.71 bits per heavy atom. The van der Waals surface area contributed by atoms with Gasteiger partial charge in [0.25, 0.3) is 5.56 Å². The lowest BCUT2D eigenvalue weighted by atomic mass is 10.1. The van der Waals surface area contributed by atoms with E-state index in [4.69, 9.17) is 9.47 Å². The molecule has 4 rings (SSSR count). The molecular formula is C24H23N5O5. The zero-order chi connectivity index (χ0) is 24.4. The molecule has 0 radical (unpaired) electrons. The summed E-state index contributed by atoms with van der Waals surface area (Å²) in [6, 6.07) is 12.3. The summed E-state index contributed by atoms with van der Waals surface area (Å²) in [6.45, 7) is 0. The molecule has 34 heavy (non-hydrogen) atoms. The molecule has 2 aromatic carbocycles. The number of aromatic amines is 1. The average molecular weight is 461 g/mol. The van der Waals surface area contributed by atoms with Crippen molar-refractivity contribution in [2.45, 2.75) is 0 Å². The molecule has 174 valence electrons. The summed E-state index contributed by atoms with van der Waals surface area (Å²) in [7, 11) is 6.09. The van der Waals surface area contributed by atoms with E-state index in [1.807, 2.05) is 6.07 Å². The summed E-state index contributed by atoms with van der Waals surface area (Å²) < 4.78 is 12.8. The maximum Gasteiger partial charge on any atom is 0.332 e. The van der Waals surface area contributed by atoms with Crippen LogP contribution in [0.25, 0.3) is 28.6 Å². The molecular weight excluding hydrogens is 438 g/mol. The minimum atomic E-state index is -0.449. The maximum absolute atomic E-state index is 12.4. The van der Waals surface area contributed by atoms with Gasteiger partial charge in [-0.25, -0.2) is 9.78 Å². The van der Waals surface area contributed by atoms with Crippen molar-refractivity contribution in [3.63, 3.8) is 0 Å². The maximum atomic E-state index is 12.4. The number of anilines is 1. The van der Waals surface area contributed by atoms with Crippen LogP contribution in [0.3, 0.4) is 0 Å². The predicted octanol–water partition coefficient (Wildman–Crippen LogP) is 2.30. The highest BCUT2D eigenvalue weighted by molar-refractivity contribution is 6.02. The number of fused-ring (bicyclic) bond motifs is 1. The number of aromatic nitrogens is 4. The first-order valence-electron chi connectivity index (χ1n) is 10.3. The molecule has 2 N–H and O–H groups in total. The van der Waals surface area contributed by atoms with E-state index < -0.39 is 11.2 Å². The number of ether oxygens (including phenoxy) is 2. The fraction of sp³-hybridized carbons (Fsp3) is 0.167. The number of rotatable bonds is 6. The first-order valence-corrected chi connectivity index (χ1v) is 10.3. The molecule has 0 fully saturated rings. The second kappa shape index (κ2) is 9.10. The Morgan fingerprint density at radius 3 is 2.38 bits per heavy atom. The van der Waals surface area contributed by atoms with E-state index in [0.29, 0.717) is 28.6 Å². The van der Waals surface area contributed by atoms with Crippen molar-refractivity contribution < 1.29 is 14.3 Å². The minimum Gasteiger partial charge on any atom is -0.493 e. The normalized spacial score (nSPS) is 11.2. The predicted molar refractivity (Wildman–Crippen MR) is 129 cm³/mol. The first kappa shape index (κ1) is 22.6. The standard InChI is InChI=1S/C24H23N5O5/c1-28-22-20(23(31)29(2)24(28)32)26-21(27-22)15-7-9-16(10-8-15)25-19(30)12-6-14-5-11-17(33-3)18(13-14)34-4/h5-13H,1-4H3,(H,25,30)(H,26,27)/b12-6+. The lowest BCUT2D eigenvalue weighted by molar-refractivity contribution is -0.111. The molecule has 10 heteroatoms. The van der Waals surface area contributed by atoms with Crippen molar-refractivity contribution in [3.8, 4) is 22.9 Å². The van der Waals surface area contributed by atoms with Gasteiger partial charge >= 0.3 is 5.69 Å². The molecule has 0 saturated carbocycles. The number of nitrogens with zero attached hydrogens (tertiary/aromatic N) is 3. The van der Waals surface area contributed by atoms with Crippen LogP contribution in [0, 0.1) is 0 Å². The largest absolute Gasteiger partial charge is 0.493 e. The van der Waals surface area contributed by atoms with E-state index in [2.05, 4.69) is 15.3 Å². The number of imidazole rings is 1. The summed E-state index contributed by atoms with van der Waals surface area (Å²) in [5.74, 6) is 1.32. The number of hydrogen-bond donors (Lipinski definition) is 2. The van der Waals surface area contributed by atoms with Gasteiger partial charge in [0.15, 0.2) is 17.1 Å². The topological polar surface area (TPSA) is 120 Å². The monoisotopic (exact) mass is 461 g/mol. The van der Waals surface area contributed by atoms with Gasteiger partial charge in [-0.05, 0) is 48.0 Å². The van der Waals surface area contributed by atoms with Crippen LogP contribution in [0.15, 0.2) is 58.1 Å². The average Bonchev–Trinajstić information content (AvgIpc) is 3.31. The number of hydrogen-bond acceptors (Lipinski definition) is 6. The lowest BCUT2D eigenvalue weighted by Gasteiger charge is -2.07. The fourth-order valence-electron chi connectivity index (χ4n) is 3.49. The van der Waals surface area contributed by atoms with Gasteiger partial charge in [0.1, 0.15) is 11.3 Å². The molecule has 0 aliphatic carbocycles. The van der Waals surface area contributed by atoms with E-state index in [1.54, 1.807) is 63.7 Å². The van der Waals surface area contributed by atoms with E-state index in [-0.39, 0.29) is 17.1 Å². The zero-order valence-electron chi connectivity index (χ0n) is 19.1. The molecule has 10 nitrogen and oxygen atoms in total. The van der Waals surface area contributed by atoms with Crippen LogP contribution < -0.4 is 26.0 Å². The van der Waals surface area contributed by atoms with Crippen molar-refractivity contribution in [1.29, 1.82) is 0 Å². The second-order valence-electron chi connectivity index (χ2n) is 7.50. The molecule has 4 aromatic rings. The Balaban J connectivity index is 1.50. The third kappa shape index (κ3) is 4.20. The Bertz CT molecular complexity index is 1530. The fourth-order valence-corrected chi connectivity index (χ4v) is 3.49. The van der Waals surface area contributed by atoms with Crippen molar-refractivity contribution in [3.05, 3.63) is 74.9 Å². The van der Waals surface area contributed by atoms with Crippen molar-refractivity contribution in [1.82, 2.24) is 19.1 Å². The quantitative estimate of drug-likeness (QED) is 0.425. The number of benzene rings is 2. The highest BCUT2D eigenvalue weighted by Crippen LogP contribution is 2.28. The molecule has 1 amide bonds. The van der Waals surface area contributed by atoms with Crippen LogP contribution in [0.5, 0.6) is 11.5 Å². The number of carbonyl (C=O) groups is 1. The summed E-state index contributed by atoms with van der Waals surface area (Å²) in [6.07, 6.45) is 3.09. The Morgan fingerprint density at radius 1 is 1.00 bits per heavy atom. The van der Waals surface area contributed by atoms with Gasteiger partial charge in [-0.15, -0.1) is 0 Å². The second-order valence-corrected chi connectivity index (χ2v) is 7.50. The molecule has 0 aliphatic heterocycles. The SMILES string of the molecule is COc1ccc(/C=C/C(=O)Nc2ccc(-c3nc4c([nH]3)c(=O)n(C)c(=O)n4C)cc2)cc1OC. The lowest BCUT2D eigenvalue weighted by Crippen LogP contribution is -2.36. The molecule has 0 unspecified atom stereocenters. The van der Waals surface area contributed by atoms with E-state index >= 15 is 0 Å². The number of aryl methyl sites for hydroxylation is 1. The van der Waals surface area contributed by atoms with Crippen molar-refractivity contribution in [2.24, 2.45) is 14.1 Å². The molecule has 0 atom stereocenters. The summed E-state index contributed by atoms with van der Waals surface area (Å²) in [5, 5.41) is 2.79. The number of nitrogens with one attached hydrogen (secondary N) is 2. The molecule has 2 aromatic heterocycles. The van der Waals surface area contributed by atoms with E-state index in [1.165, 1.54) is 17.7 Å². The Kier molecular flexibility index (Phi) is 6.05. The Labute approximate surface area is 194 Å². The number of amides is 1. The smallest absolute Gasteiger partial charge is 0.332 e. The molecule has 0 saturated heterocycles. The van der Waals surface area contributed by atoms with Crippen LogP contribution in [-0.2, 0) is 18.9 Å². The third-order valence-electron chi connectivity index (χ3n) is 5.36. The van der Waals surface area contributed by atoms with E-state index in [0.717, 1.165) is 10.1 Å². The highest BCUT2D eigenvalue weighted by Gasteiger charge is 2.14. The zero-order valence-corrected chi connectivity index (χ0v) is 19.1. The van der Waals surface area contributed by atoms with Crippen molar-refractivity contribution in [2.75, 3.05) is 19.5 Å². The highest BCUT2D eigenvalue weighted by atomic mass is 16.5. The van der Waals surface area contributed by atoms with Crippen LogP contribution in [-0.4, -0.2) is 39.2 Å². The Hall–Kier alpha value is -4.60. The number of H-pyrrole nitrogens is 1. The van der Waals surface area contributed by atoms with Crippen LogP contribution in [0.1, 0.15) is 5.56 Å². The van der Waals surface area contributed by atoms with Gasteiger partial charge in [-0.3, -0.25) is 18.7 Å². The van der Waals surface area contributed by atoms with Gasteiger partial charge in [0.05, 0.1) is 14.2 Å². The minimum absolute atomic E-state index is 0.247. The van der Waals surface area contributed by atoms with Crippen LogP contribution >= 0.6 is 0 Å². The summed E-state index contributed by atoms with van der Waals surface area (Å²) in [4.78, 5) is 44.2. The number of carbonyl (C=O) groups excluding carboxylic acids is 1. The van der Waals surface area contributed by atoms with Gasteiger partial charge in [-0.2, -0.15) is 0 Å². The van der Waals surface area contributed by atoms with E-state index in [9.17, 15) is 14.4 Å². The van der Waals surface area contributed by atoms with Gasteiger partial charge in [0.2, 0.25) is 5.91 Å².